The molecule has 6 heteroatoms. The number of nitrogens with zero attached hydrogens (tertiary/aromatic N) is 3. The van der Waals surface area contributed by atoms with E-state index in [1.807, 2.05) is 28.9 Å². The van der Waals surface area contributed by atoms with Crippen LogP contribution in [0, 0.1) is 0 Å². The Hall–Kier alpha value is -0.680. The molecule has 2 heterocycles. The molecule has 0 N–H and O–H groups in total. The number of thioether (sulfide) groups is 1. The van der Waals surface area contributed by atoms with Crippen molar-refractivity contribution in [3.05, 3.63) is 18.0 Å². The van der Waals surface area contributed by atoms with Gasteiger partial charge in [0.1, 0.15) is 5.88 Å². The molecule has 1 aromatic heterocycles. The van der Waals surface area contributed by atoms with Gasteiger partial charge in [0.15, 0.2) is 0 Å². The molecule has 21 heavy (non-hydrogen) atoms. The van der Waals surface area contributed by atoms with Gasteiger partial charge in [-0.1, -0.05) is 0 Å². The summed E-state index contributed by atoms with van der Waals surface area (Å²) in [6.45, 7) is 1.45. The number of aromatic nitrogens is 2. The van der Waals surface area contributed by atoms with E-state index in [0.29, 0.717) is 17.8 Å². The smallest absolute Gasteiger partial charge is 0.237 e. The molecule has 0 bridgehead atoms. The fourth-order valence-electron chi connectivity index (χ4n) is 3.00. The van der Waals surface area contributed by atoms with Crippen LogP contribution in [-0.2, 0) is 11.3 Å². The third kappa shape index (κ3) is 3.57. The second-order valence-corrected chi connectivity index (χ2v) is 7.57. The maximum atomic E-state index is 12.1. The van der Waals surface area contributed by atoms with E-state index in [1.54, 1.807) is 0 Å². The topological polar surface area (TPSA) is 38.1 Å². The second kappa shape index (κ2) is 7.05. The zero-order valence-corrected chi connectivity index (χ0v) is 13.8. The van der Waals surface area contributed by atoms with E-state index in [2.05, 4.69) is 9.78 Å². The predicted octanol–water partition coefficient (Wildman–Crippen LogP) is 3.07. The number of rotatable bonds is 6. The van der Waals surface area contributed by atoms with Crippen molar-refractivity contribution in [2.75, 3.05) is 18.2 Å². The van der Waals surface area contributed by atoms with E-state index < -0.39 is 0 Å². The summed E-state index contributed by atoms with van der Waals surface area (Å²) in [4.78, 5) is 14.1. The van der Waals surface area contributed by atoms with Gasteiger partial charge in [-0.3, -0.25) is 9.48 Å². The molecule has 0 radical (unpaired) electrons. The number of halogens is 1. The number of hydrogen-bond acceptors (Lipinski definition) is 3. The molecule has 1 atom stereocenters. The summed E-state index contributed by atoms with van der Waals surface area (Å²) in [5.41, 5.74) is 1.14. The van der Waals surface area contributed by atoms with Gasteiger partial charge in [-0.2, -0.15) is 16.9 Å². The van der Waals surface area contributed by atoms with E-state index in [9.17, 15) is 4.79 Å². The van der Waals surface area contributed by atoms with Crippen LogP contribution in [0.4, 0.5) is 0 Å². The predicted molar refractivity (Wildman–Crippen MR) is 86.7 cm³/mol. The molecule has 3 rings (SSSR count). The summed E-state index contributed by atoms with van der Waals surface area (Å²) in [7, 11) is 0. The van der Waals surface area contributed by atoms with Crippen LogP contribution in [0.15, 0.2) is 12.3 Å². The molecule has 1 aromatic rings. The van der Waals surface area contributed by atoms with Gasteiger partial charge >= 0.3 is 0 Å². The van der Waals surface area contributed by atoms with Crippen LogP contribution in [-0.4, -0.2) is 44.0 Å². The first-order chi connectivity index (χ1) is 10.3. The molecule has 2 fully saturated rings. The summed E-state index contributed by atoms with van der Waals surface area (Å²) in [6, 6.07) is 2.57. The van der Waals surface area contributed by atoms with Gasteiger partial charge in [-0.05, 0) is 43.9 Å². The Morgan fingerprint density at radius 3 is 2.90 bits per heavy atom. The van der Waals surface area contributed by atoms with Crippen LogP contribution in [0.3, 0.4) is 0 Å². The molecule has 1 saturated heterocycles. The highest BCUT2D eigenvalue weighted by Crippen LogP contribution is 2.32. The zero-order chi connectivity index (χ0) is 14.7. The molecule has 4 nitrogen and oxygen atoms in total. The van der Waals surface area contributed by atoms with Crippen molar-refractivity contribution in [3.8, 4) is 0 Å². The van der Waals surface area contributed by atoms with Crippen molar-refractivity contribution in [1.82, 2.24) is 14.7 Å². The molecule has 0 spiro atoms. The number of carbonyl (C=O) groups excluding carboxylic acids is 1. The Kier molecular flexibility index (Phi) is 5.11. The highest BCUT2D eigenvalue weighted by molar-refractivity contribution is 8.00. The molecular formula is C15H22ClN3OS. The molecule has 1 aliphatic carbocycles. The number of amides is 1. The first-order valence-corrected chi connectivity index (χ1v) is 9.34. The van der Waals surface area contributed by atoms with Crippen molar-refractivity contribution in [2.24, 2.45) is 0 Å². The quantitative estimate of drug-likeness (QED) is 0.754. The SMILES string of the molecule is O=C(CCl)N(Cc1ccnn1C1CCC1)CC1CCCS1. The lowest BCUT2D eigenvalue weighted by Gasteiger charge is -2.30. The van der Waals surface area contributed by atoms with Crippen LogP contribution in [0.2, 0.25) is 0 Å². The first-order valence-electron chi connectivity index (χ1n) is 7.75. The Morgan fingerprint density at radius 1 is 1.43 bits per heavy atom. The van der Waals surface area contributed by atoms with Gasteiger partial charge in [0.25, 0.3) is 0 Å². The van der Waals surface area contributed by atoms with E-state index in [0.717, 1.165) is 12.2 Å². The highest BCUT2D eigenvalue weighted by atomic mass is 35.5. The minimum Gasteiger partial charge on any atom is -0.335 e. The van der Waals surface area contributed by atoms with Crippen LogP contribution in [0.25, 0.3) is 0 Å². The number of alkyl halides is 1. The van der Waals surface area contributed by atoms with Crippen LogP contribution in [0.5, 0.6) is 0 Å². The molecule has 1 unspecified atom stereocenters. The van der Waals surface area contributed by atoms with Crippen LogP contribution in [0.1, 0.15) is 43.8 Å². The summed E-state index contributed by atoms with van der Waals surface area (Å²) in [5.74, 6) is 1.31. The minimum absolute atomic E-state index is 0.0329. The Morgan fingerprint density at radius 2 is 2.29 bits per heavy atom. The summed E-state index contributed by atoms with van der Waals surface area (Å²) in [6.07, 6.45) is 8.01. The summed E-state index contributed by atoms with van der Waals surface area (Å²) < 4.78 is 2.11. The molecule has 1 amide bonds. The van der Waals surface area contributed by atoms with Gasteiger partial charge in [-0.15, -0.1) is 11.6 Å². The molecule has 116 valence electrons. The monoisotopic (exact) mass is 327 g/mol. The van der Waals surface area contributed by atoms with E-state index in [4.69, 9.17) is 11.6 Å². The fraction of sp³-hybridized carbons (Fsp3) is 0.733. The third-order valence-corrected chi connectivity index (χ3v) is 6.05. The van der Waals surface area contributed by atoms with Crippen molar-refractivity contribution in [2.45, 2.75) is 49.9 Å². The largest absolute Gasteiger partial charge is 0.335 e. The Bertz CT molecular complexity index is 483. The van der Waals surface area contributed by atoms with Gasteiger partial charge in [0, 0.05) is 18.0 Å². The number of hydrogen-bond donors (Lipinski definition) is 0. The standard InChI is InChI=1S/C15H22ClN3OS/c16-9-15(20)18(11-14-5-2-8-21-14)10-13-6-7-17-19(13)12-3-1-4-12/h6-7,12,14H,1-5,8-11H2. The fourth-order valence-corrected chi connectivity index (χ4v) is 4.45. The number of carbonyl (C=O) groups is 1. The third-order valence-electron chi connectivity index (χ3n) is 4.44. The molecule has 2 aliphatic rings. The molecular weight excluding hydrogens is 306 g/mol. The lowest BCUT2D eigenvalue weighted by molar-refractivity contribution is -0.129. The Labute approximate surface area is 135 Å². The van der Waals surface area contributed by atoms with E-state index in [1.165, 1.54) is 37.9 Å². The summed E-state index contributed by atoms with van der Waals surface area (Å²) >= 11 is 7.77. The van der Waals surface area contributed by atoms with Crippen molar-refractivity contribution in [3.63, 3.8) is 0 Å². The highest BCUT2D eigenvalue weighted by Gasteiger charge is 2.26. The van der Waals surface area contributed by atoms with Crippen LogP contribution >= 0.6 is 23.4 Å². The van der Waals surface area contributed by atoms with Crippen molar-refractivity contribution >= 4 is 29.3 Å². The van der Waals surface area contributed by atoms with Gasteiger partial charge in [0.05, 0.1) is 18.3 Å². The maximum absolute atomic E-state index is 12.1. The van der Waals surface area contributed by atoms with Crippen molar-refractivity contribution in [1.29, 1.82) is 0 Å². The maximum Gasteiger partial charge on any atom is 0.237 e. The average molecular weight is 328 g/mol. The zero-order valence-electron chi connectivity index (χ0n) is 12.2. The van der Waals surface area contributed by atoms with E-state index >= 15 is 0 Å². The van der Waals surface area contributed by atoms with Crippen molar-refractivity contribution < 1.29 is 4.79 Å². The van der Waals surface area contributed by atoms with Gasteiger partial charge < -0.3 is 4.90 Å². The second-order valence-electron chi connectivity index (χ2n) is 5.89. The normalized spacial score (nSPS) is 22.2. The molecule has 0 aromatic carbocycles. The molecule has 1 aliphatic heterocycles. The molecule has 1 saturated carbocycles. The first kappa shape index (κ1) is 15.2. The van der Waals surface area contributed by atoms with E-state index in [-0.39, 0.29) is 11.8 Å². The minimum atomic E-state index is 0.0329. The van der Waals surface area contributed by atoms with Gasteiger partial charge in [0.2, 0.25) is 5.91 Å². The lowest BCUT2D eigenvalue weighted by atomic mass is 9.93. The van der Waals surface area contributed by atoms with Crippen LogP contribution < -0.4 is 0 Å². The summed E-state index contributed by atoms with van der Waals surface area (Å²) in [5, 5.41) is 5.02. The average Bonchev–Trinajstić information content (AvgIpc) is 3.08. The Balaban J connectivity index is 1.68. The lowest BCUT2D eigenvalue weighted by Crippen LogP contribution is -2.37. The van der Waals surface area contributed by atoms with Gasteiger partial charge in [-0.25, -0.2) is 0 Å².